The zero-order valence-electron chi connectivity index (χ0n) is 14.0. The number of amides is 2. The molecule has 0 saturated carbocycles. The maximum absolute atomic E-state index is 12.0. The summed E-state index contributed by atoms with van der Waals surface area (Å²) in [6, 6.07) is 11.0. The third kappa shape index (κ3) is 4.90. The number of piperidine rings is 1. The molecule has 1 aliphatic heterocycles. The van der Waals surface area contributed by atoms with E-state index in [1.54, 1.807) is 18.5 Å². The molecule has 3 N–H and O–H groups in total. The molecule has 1 saturated heterocycles. The number of benzene rings is 1. The molecule has 1 atom stereocenters. The van der Waals surface area contributed by atoms with Crippen molar-refractivity contribution in [3.05, 3.63) is 54.4 Å². The van der Waals surface area contributed by atoms with Crippen molar-refractivity contribution < 1.29 is 9.90 Å². The van der Waals surface area contributed by atoms with E-state index >= 15 is 0 Å². The fourth-order valence-corrected chi connectivity index (χ4v) is 2.90. The van der Waals surface area contributed by atoms with E-state index < -0.39 is 6.10 Å². The lowest BCUT2D eigenvalue weighted by atomic mass is 10.1. The van der Waals surface area contributed by atoms with Crippen LogP contribution in [-0.2, 0) is 0 Å². The van der Waals surface area contributed by atoms with Crippen LogP contribution in [0, 0.1) is 0 Å². The maximum atomic E-state index is 12.0. The first-order valence-corrected chi connectivity index (χ1v) is 8.51. The van der Waals surface area contributed by atoms with Gasteiger partial charge in [-0.15, -0.1) is 0 Å². The maximum Gasteiger partial charge on any atom is 0.315 e. The normalized spacial score (nSPS) is 16.3. The van der Waals surface area contributed by atoms with Crippen LogP contribution in [0.4, 0.5) is 10.7 Å². The average Bonchev–Trinajstić information content (AvgIpc) is 2.68. The van der Waals surface area contributed by atoms with Crippen molar-refractivity contribution in [1.29, 1.82) is 0 Å². The predicted octanol–water partition coefficient (Wildman–Crippen LogP) is 1.48. The second-order valence-electron chi connectivity index (χ2n) is 6.09. The number of carbonyl (C=O) groups is 1. The summed E-state index contributed by atoms with van der Waals surface area (Å²) in [5.41, 5.74) is 0.791. The molecule has 1 fully saturated rings. The molecular formula is C18H23N5O2. The zero-order chi connectivity index (χ0) is 17.5. The van der Waals surface area contributed by atoms with Crippen LogP contribution in [0.25, 0.3) is 0 Å². The lowest BCUT2D eigenvalue weighted by Crippen LogP contribution is -2.48. The topological polar surface area (TPSA) is 90.4 Å². The number of aliphatic hydroxyl groups is 1. The summed E-state index contributed by atoms with van der Waals surface area (Å²) in [4.78, 5) is 22.7. The molecular weight excluding hydrogens is 318 g/mol. The SMILES string of the molecule is O=C(NC[C@@H](O)c1ccccc1)NC1CCN(c2ncccn2)CC1. The molecule has 2 amide bonds. The van der Waals surface area contributed by atoms with E-state index in [4.69, 9.17) is 0 Å². The largest absolute Gasteiger partial charge is 0.387 e. The van der Waals surface area contributed by atoms with Crippen molar-refractivity contribution in [3.63, 3.8) is 0 Å². The summed E-state index contributed by atoms with van der Waals surface area (Å²) < 4.78 is 0. The summed E-state index contributed by atoms with van der Waals surface area (Å²) >= 11 is 0. The van der Waals surface area contributed by atoms with Crippen LogP contribution >= 0.6 is 0 Å². The van der Waals surface area contributed by atoms with Gasteiger partial charge in [0.2, 0.25) is 5.95 Å². The third-order valence-corrected chi connectivity index (χ3v) is 4.31. The Hall–Kier alpha value is -2.67. The fourth-order valence-electron chi connectivity index (χ4n) is 2.90. The lowest BCUT2D eigenvalue weighted by Gasteiger charge is -2.32. The number of aliphatic hydroxyl groups excluding tert-OH is 1. The van der Waals surface area contributed by atoms with E-state index in [0.29, 0.717) is 0 Å². The average molecular weight is 341 g/mol. The molecule has 1 aliphatic rings. The Bertz CT molecular complexity index is 660. The van der Waals surface area contributed by atoms with Gasteiger partial charge in [0.05, 0.1) is 6.10 Å². The van der Waals surface area contributed by atoms with Crippen molar-refractivity contribution >= 4 is 12.0 Å². The van der Waals surface area contributed by atoms with Crippen LogP contribution in [-0.4, -0.2) is 46.8 Å². The molecule has 2 heterocycles. The van der Waals surface area contributed by atoms with E-state index in [0.717, 1.165) is 37.4 Å². The Morgan fingerprint density at radius 1 is 1.16 bits per heavy atom. The Morgan fingerprint density at radius 3 is 2.52 bits per heavy atom. The number of nitrogens with one attached hydrogen (secondary N) is 2. The first-order chi connectivity index (χ1) is 12.2. The third-order valence-electron chi connectivity index (χ3n) is 4.31. The van der Waals surface area contributed by atoms with E-state index in [-0.39, 0.29) is 18.6 Å². The zero-order valence-corrected chi connectivity index (χ0v) is 14.0. The Labute approximate surface area is 147 Å². The first kappa shape index (κ1) is 17.2. The number of anilines is 1. The van der Waals surface area contributed by atoms with Gasteiger partial charge in [0, 0.05) is 38.1 Å². The van der Waals surface area contributed by atoms with Crippen LogP contribution in [0.3, 0.4) is 0 Å². The summed E-state index contributed by atoms with van der Waals surface area (Å²) in [6.07, 6.45) is 4.44. The molecule has 132 valence electrons. The van der Waals surface area contributed by atoms with E-state index in [2.05, 4.69) is 25.5 Å². The van der Waals surface area contributed by atoms with Crippen LogP contribution < -0.4 is 15.5 Å². The number of urea groups is 1. The predicted molar refractivity (Wildman–Crippen MR) is 95.2 cm³/mol. The van der Waals surface area contributed by atoms with Gasteiger partial charge in [-0.25, -0.2) is 14.8 Å². The molecule has 0 aliphatic carbocycles. The van der Waals surface area contributed by atoms with Crippen LogP contribution in [0.5, 0.6) is 0 Å². The standard InChI is InChI=1S/C18H23N5O2/c24-16(14-5-2-1-3-6-14)13-21-18(25)22-15-7-11-23(12-8-15)17-19-9-4-10-20-17/h1-6,9-10,15-16,24H,7-8,11-13H2,(H2,21,22,25)/t16-/m1/s1. The number of nitrogens with zero attached hydrogens (tertiary/aromatic N) is 3. The van der Waals surface area contributed by atoms with Gasteiger partial charge in [-0.3, -0.25) is 0 Å². The Balaban J connectivity index is 1.39. The van der Waals surface area contributed by atoms with Crippen LogP contribution in [0.1, 0.15) is 24.5 Å². The van der Waals surface area contributed by atoms with Gasteiger partial charge in [-0.05, 0) is 24.5 Å². The summed E-state index contributed by atoms with van der Waals surface area (Å²) in [5, 5.41) is 15.8. The second kappa shape index (κ2) is 8.43. The molecule has 0 spiro atoms. The highest BCUT2D eigenvalue weighted by molar-refractivity contribution is 5.74. The number of rotatable bonds is 5. The van der Waals surface area contributed by atoms with E-state index in [1.165, 1.54) is 0 Å². The van der Waals surface area contributed by atoms with Crippen molar-refractivity contribution in [3.8, 4) is 0 Å². The fraction of sp³-hybridized carbons (Fsp3) is 0.389. The summed E-state index contributed by atoms with van der Waals surface area (Å²) in [7, 11) is 0. The number of hydrogen-bond donors (Lipinski definition) is 3. The Kier molecular flexibility index (Phi) is 5.79. The van der Waals surface area contributed by atoms with E-state index in [9.17, 15) is 9.90 Å². The smallest absolute Gasteiger partial charge is 0.315 e. The summed E-state index contributed by atoms with van der Waals surface area (Å²) in [6.45, 7) is 1.80. The minimum atomic E-state index is -0.705. The second-order valence-corrected chi connectivity index (χ2v) is 6.09. The molecule has 0 unspecified atom stereocenters. The number of carbonyl (C=O) groups excluding carboxylic acids is 1. The number of aromatic nitrogens is 2. The highest BCUT2D eigenvalue weighted by Gasteiger charge is 2.22. The minimum absolute atomic E-state index is 0.119. The van der Waals surface area contributed by atoms with Crippen molar-refractivity contribution in [2.45, 2.75) is 25.0 Å². The van der Waals surface area contributed by atoms with Crippen LogP contribution in [0.2, 0.25) is 0 Å². The monoisotopic (exact) mass is 341 g/mol. The molecule has 0 bridgehead atoms. The van der Waals surface area contributed by atoms with Gasteiger partial charge in [-0.2, -0.15) is 0 Å². The van der Waals surface area contributed by atoms with Crippen molar-refractivity contribution in [2.24, 2.45) is 0 Å². The van der Waals surface area contributed by atoms with Gasteiger partial charge in [0.15, 0.2) is 0 Å². The van der Waals surface area contributed by atoms with Gasteiger partial charge in [0.25, 0.3) is 0 Å². The van der Waals surface area contributed by atoms with Gasteiger partial charge >= 0.3 is 6.03 Å². The van der Waals surface area contributed by atoms with Crippen molar-refractivity contribution in [1.82, 2.24) is 20.6 Å². The highest BCUT2D eigenvalue weighted by Crippen LogP contribution is 2.15. The minimum Gasteiger partial charge on any atom is -0.387 e. The van der Waals surface area contributed by atoms with Gasteiger partial charge in [-0.1, -0.05) is 30.3 Å². The van der Waals surface area contributed by atoms with Crippen LogP contribution in [0.15, 0.2) is 48.8 Å². The quantitative estimate of drug-likeness (QED) is 0.766. The van der Waals surface area contributed by atoms with Gasteiger partial charge in [0.1, 0.15) is 0 Å². The molecule has 7 heteroatoms. The molecule has 2 aromatic rings. The highest BCUT2D eigenvalue weighted by atomic mass is 16.3. The molecule has 1 aromatic heterocycles. The summed E-state index contributed by atoms with van der Waals surface area (Å²) in [5.74, 6) is 0.733. The van der Waals surface area contributed by atoms with Gasteiger partial charge < -0.3 is 20.6 Å². The van der Waals surface area contributed by atoms with E-state index in [1.807, 2.05) is 30.3 Å². The molecule has 7 nitrogen and oxygen atoms in total. The van der Waals surface area contributed by atoms with Crippen molar-refractivity contribution in [2.75, 3.05) is 24.5 Å². The molecule has 0 radical (unpaired) electrons. The first-order valence-electron chi connectivity index (χ1n) is 8.51. The molecule has 25 heavy (non-hydrogen) atoms. The number of hydrogen-bond acceptors (Lipinski definition) is 5. The molecule has 3 rings (SSSR count). The Morgan fingerprint density at radius 2 is 1.84 bits per heavy atom. The molecule has 1 aromatic carbocycles. The lowest BCUT2D eigenvalue weighted by molar-refractivity contribution is 0.172.